The molecule has 0 saturated carbocycles. The third kappa shape index (κ3) is 2.81. The third-order valence-corrected chi connectivity index (χ3v) is 3.15. The van der Waals surface area contributed by atoms with Crippen molar-refractivity contribution in [1.82, 2.24) is 9.78 Å². The van der Waals surface area contributed by atoms with Crippen molar-refractivity contribution in [2.45, 2.75) is 13.3 Å². The van der Waals surface area contributed by atoms with Crippen LogP contribution in [0.3, 0.4) is 0 Å². The summed E-state index contributed by atoms with van der Waals surface area (Å²) < 4.78 is 7.10. The second-order valence-electron chi connectivity index (χ2n) is 4.46. The fourth-order valence-corrected chi connectivity index (χ4v) is 2.11. The third-order valence-electron chi connectivity index (χ3n) is 3.15. The lowest BCUT2D eigenvalue weighted by atomic mass is 10.1. The van der Waals surface area contributed by atoms with Gasteiger partial charge in [0.15, 0.2) is 0 Å². The summed E-state index contributed by atoms with van der Waals surface area (Å²) >= 11 is 0. The molecule has 0 saturated heterocycles. The Bertz CT molecular complexity index is 563. The van der Waals surface area contributed by atoms with E-state index in [9.17, 15) is 0 Å². The second kappa shape index (κ2) is 5.65. The minimum absolute atomic E-state index is 0.711. The molecule has 0 spiro atoms. The number of ether oxygens (including phenoxy) is 1. The van der Waals surface area contributed by atoms with Gasteiger partial charge in [-0.3, -0.25) is 4.68 Å². The van der Waals surface area contributed by atoms with Gasteiger partial charge in [-0.25, -0.2) is 0 Å². The number of aromatic nitrogens is 2. The summed E-state index contributed by atoms with van der Waals surface area (Å²) in [7, 11) is 3.57. The first-order valence-electron chi connectivity index (χ1n) is 6.28. The molecule has 102 valence electrons. The molecule has 0 amide bonds. The van der Waals surface area contributed by atoms with Gasteiger partial charge in [0.1, 0.15) is 11.6 Å². The van der Waals surface area contributed by atoms with E-state index in [-0.39, 0.29) is 0 Å². The molecule has 3 N–H and O–H groups in total. The van der Waals surface area contributed by atoms with Crippen molar-refractivity contribution in [2.75, 3.05) is 24.7 Å². The van der Waals surface area contributed by atoms with E-state index in [0.29, 0.717) is 5.69 Å². The lowest BCUT2D eigenvalue weighted by Crippen LogP contribution is -2.10. The number of rotatable bonds is 5. The number of aryl methyl sites for hydroxylation is 2. The molecule has 0 aliphatic heterocycles. The van der Waals surface area contributed by atoms with Gasteiger partial charge in [-0.05, 0) is 25.0 Å². The van der Waals surface area contributed by atoms with E-state index in [4.69, 9.17) is 10.5 Å². The maximum atomic E-state index is 5.97. The Kier molecular flexibility index (Phi) is 3.94. The van der Waals surface area contributed by atoms with Gasteiger partial charge in [-0.1, -0.05) is 18.2 Å². The highest BCUT2D eigenvalue weighted by atomic mass is 16.5. The molecule has 2 aromatic rings. The Balaban J connectivity index is 2.00. The summed E-state index contributed by atoms with van der Waals surface area (Å²) in [6, 6.07) is 8.02. The predicted octanol–water partition coefficient (Wildman–Crippen LogP) is 1.97. The molecule has 0 atom stereocenters. The van der Waals surface area contributed by atoms with Crippen molar-refractivity contribution >= 4 is 11.5 Å². The maximum Gasteiger partial charge on any atom is 0.147 e. The normalized spacial score (nSPS) is 10.5. The molecular weight excluding hydrogens is 240 g/mol. The van der Waals surface area contributed by atoms with Crippen LogP contribution in [0.4, 0.5) is 11.5 Å². The zero-order chi connectivity index (χ0) is 13.8. The van der Waals surface area contributed by atoms with Crippen molar-refractivity contribution in [1.29, 1.82) is 0 Å². The van der Waals surface area contributed by atoms with E-state index in [0.717, 1.165) is 30.2 Å². The molecule has 0 aliphatic carbocycles. The molecule has 0 aliphatic rings. The maximum absolute atomic E-state index is 5.97. The average Bonchev–Trinajstić information content (AvgIpc) is 2.65. The van der Waals surface area contributed by atoms with Crippen LogP contribution in [0.15, 0.2) is 24.3 Å². The van der Waals surface area contributed by atoms with Crippen LogP contribution in [0.1, 0.15) is 11.3 Å². The number of nitrogens with two attached hydrogens (primary N) is 1. The van der Waals surface area contributed by atoms with Gasteiger partial charge in [-0.15, -0.1) is 0 Å². The molecule has 19 heavy (non-hydrogen) atoms. The predicted molar refractivity (Wildman–Crippen MR) is 77.5 cm³/mol. The van der Waals surface area contributed by atoms with Gasteiger partial charge in [-0.2, -0.15) is 5.10 Å². The van der Waals surface area contributed by atoms with Crippen molar-refractivity contribution < 1.29 is 4.74 Å². The first kappa shape index (κ1) is 13.3. The summed E-state index contributed by atoms with van der Waals surface area (Å²) in [4.78, 5) is 0. The Morgan fingerprint density at radius 2 is 2.11 bits per heavy atom. The lowest BCUT2D eigenvalue weighted by Gasteiger charge is -2.10. The highest BCUT2D eigenvalue weighted by Crippen LogP contribution is 2.22. The van der Waals surface area contributed by atoms with Crippen LogP contribution < -0.4 is 15.8 Å². The van der Waals surface area contributed by atoms with Crippen LogP contribution in [0.2, 0.25) is 0 Å². The number of nitrogens with one attached hydrogen (secondary N) is 1. The van der Waals surface area contributed by atoms with Crippen molar-refractivity contribution in [3.8, 4) is 5.75 Å². The van der Waals surface area contributed by atoms with Gasteiger partial charge in [0, 0.05) is 13.6 Å². The quantitative estimate of drug-likeness (QED) is 0.862. The molecule has 5 nitrogen and oxygen atoms in total. The average molecular weight is 260 g/mol. The first-order chi connectivity index (χ1) is 9.13. The smallest absolute Gasteiger partial charge is 0.147 e. The zero-order valence-corrected chi connectivity index (χ0v) is 11.6. The Labute approximate surface area is 113 Å². The van der Waals surface area contributed by atoms with Crippen molar-refractivity contribution in [3.63, 3.8) is 0 Å². The Hall–Kier alpha value is -2.17. The topological polar surface area (TPSA) is 65.1 Å². The van der Waals surface area contributed by atoms with E-state index in [2.05, 4.69) is 16.5 Å². The highest BCUT2D eigenvalue weighted by molar-refractivity contribution is 5.64. The molecule has 1 aromatic heterocycles. The SMILES string of the molecule is COc1ccccc1CCNc1c(N)c(C)nn1C. The molecule has 2 rings (SSSR count). The van der Waals surface area contributed by atoms with E-state index in [1.54, 1.807) is 11.8 Å². The minimum atomic E-state index is 0.711. The Morgan fingerprint density at radius 3 is 2.74 bits per heavy atom. The number of methoxy groups -OCH3 is 1. The van der Waals surface area contributed by atoms with Crippen LogP contribution >= 0.6 is 0 Å². The van der Waals surface area contributed by atoms with Gasteiger partial charge >= 0.3 is 0 Å². The highest BCUT2D eigenvalue weighted by Gasteiger charge is 2.09. The monoisotopic (exact) mass is 260 g/mol. The van der Waals surface area contributed by atoms with E-state index in [1.165, 1.54) is 5.56 Å². The van der Waals surface area contributed by atoms with Gasteiger partial charge < -0.3 is 15.8 Å². The molecule has 0 bridgehead atoms. The Morgan fingerprint density at radius 1 is 1.37 bits per heavy atom. The molecule has 1 aromatic carbocycles. The van der Waals surface area contributed by atoms with Crippen molar-refractivity contribution in [3.05, 3.63) is 35.5 Å². The second-order valence-corrected chi connectivity index (χ2v) is 4.46. The van der Waals surface area contributed by atoms with E-state index in [1.807, 2.05) is 32.2 Å². The summed E-state index contributed by atoms with van der Waals surface area (Å²) in [6.45, 7) is 2.68. The van der Waals surface area contributed by atoms with Crippen LogP contribution in [0, 0.1) is 6.92 Å². The standard InChI is InChI=1S/C14H20N4O/c1-10-13(15)14(18(2)17-10)16-9-8-11-6-4-5-7-12(11)19-3/h4-7,16H,8-9,15H2,1-3H3. The molecule has 0 fully saturated rings. The fourth-order valence-electron chi connectivity index (χ4n) is 2.11. The first-order valence-corrected chi connectivity index (χ1v) is 6.28. The number of nitrogen functional groups attached to an aromatic ring is 1. The number of hydrogen-bond acceptors (Lipinski definition) is 4. The fraction of sp³-hybridized carbons (Fsp3) is 0.357. The zero-order valence-electron chi connectivity index (χ0n) is 11.6. The van der Waals surface area contributed by atoms with Crippen LogP contribution in [-0.4, -0.2) is 23.4 Å². The number of para-hydroxylation sites is 1. The number of nitrogens with zero attached hydrogens (tertiary/aromatic N) is 2. The van der Waals surface area contributed by atoms with Gasteiger partial charge in [0.2, 0.25) is 0 Å². The summed E-state index contributed by atoms with van der Waals surface area (Å²) in [5.74, 6) is 1.78. The summed E-state index contributed by atoms with van der Waals surface area (Å²) in [5.41, 5.74) is 8.70. The van der Waals surface area contributed by atoms with Crippen LogP contribution in [0.25, 0.3) is 0 Å². The molecular formula is C14H20N4O. The molecule has 5 heteroatoms. The summed E-state index contributed by atoms with van der Waals surface area (Å²) in [5, 5.41) is 7.60. The van der Waals surface area contributed by atoms with Crippen LogP contribution in [-0.2, 0) is 13.5 Å². The largest absolute Gasteiger partial charge is 0.496 e. The van der Waals surface area contributed by atoms with Gasteiger partial charge in [0.05, 0.1) is 18.5 Å². The number of anilines is 2. The molecule has 0 radical (unpaired) electrons. The van der Waals surface area contributed by atoms with E-state index >= 15 is 0 Å². The minimum Gasteiger partial charge on any atom is -0.496 e. The van der Waals surface area contributed by atoms with Crippen molar-refractivity contribution in [2.24, 2.45) is 7.05 Å². The number of hydrogen-bond donors (Lipinski definition) is 2. The molecule has 0 unspecified atom stereocenters. The lowest BCUT2D eigenvalue weighted by molar-refractivity contribution is 0.410. The van der Waals surface area contributed by atoms with Crippen LogP contribution in [0.5, 0.6) is 5.75 Å². The number of benzene rings is 1. The van der Waals surface area contributed by atoms with E-state index < -0.39 is 0 Å². The van der Waals surface area contributed by atoms with Gasteiger partial charge in [0.25, 0.3) is 0 Å². The molecule has 1 heterocycles. The summed E-state index contributed by atoms with van der Waals surface area (Å²) in [6.07, 6.45) is 0.869.